The molecular formula is C25H30ClFN4. The summed E-state index contributed by atoms with van der Waals surface area (Å²) < 4.78 is 13.4. The largest absolute Gasteiger partial charge is 0.367 e. The van der Waals surface area contributed by atoms with Gasteiger partial charge in [-0.1, -0.05) is 62.9 Å². The summed E-state index contributed by atoms with van der Waals surface area (Å²) in [5, 5.41) is 7.38. The molecule has 0 bridgehead atoms. The quantitative estimate of drug-likeness (QED) is 0.328. The van der Waals surface area contributed by atoms with Crippen LogP contribution in [0.5, 0.6) is 0 Å². The van der Waals surface area contributed by atoms with E-state index < -0.39 is 0 Å². The van der Waals surface area contributed by atoms with Gasteiger partial charge in [-0.15, -0.1) is 0 Å². The van der Waals surface area contributed by atoms with Crippen LogP contribution < -0.4 is 10.6 Å². The summed E-state index contributed by atoms with van der Waals surface area (Å²) in [6.45, 7) is 4.90. The molecule has 164 valence electrons. The Hall–Kier alpha value is -2.66. The lowest BCUT2D eigenvalue weighted by Crippen LogP contribution is -2.19. The summed E-state index contributed by atoms with van der Waals surface area (Å²) in [4.78, 5) is 9.18. The third kappa shape index (κ3) is 6.93. The molecule has 4 nitrogen and oxygen atoms in total. The molecule has 6 heteroatoms. The van der Waals surface area contributed by atoms with E-state index in [-0.39, 0.29) is 5.82 Å². The molecule has 0 aliphatic heterocycles. The van der Waals surface area contributed by atoms with Crippen molar-refractivity contribution < 1.29 is 4.39 Å². The van der Waals surface area contributed by atoms with Crippen LogP contribution in [-0.2, 0) is 6.54 Å². The molecule has 0 amide bonds. The van der Waals surface area contributed by atoms with Gasteiger partial charge in [-0.25, -0.2) is 14.4 Å². The second-order valence-corrected chi connectivity index (χ2v) is 8.12. The topological polar surface area (TPSA) is 49.8 Å². The van der Waals surface area contributed by atoms with Gasteiger partial charge in [-0.05, 0) is 48.7 Å². The molecule has 2 heterocycles. The van der Waals surface area contributed by atoms with E-state index in [2.05, 4.69) is 29.5 Å². The number of unbranched alkanes of at least 4 members (excludes halogenated alkanes) is 1. The van der Waals surface area contributed by atoms with Crippen molar-refractivity contribution in [2.45, 2.75) is 58.5 Å². The molecule has 2 aromatic heterocycles. The van der Waals surface area contributed by atoms with Gasteiger partial charge in [-0.2, -0.15) is 0 Å². The van der Waals surface area contributed by atoms with Gasteiger partial charge < -0.3 is 10.6 Å². The van der Waals surface area contributed by atoms with Gasteiger partial charge in [0.1, 0.15) is 17.5 Å². The summed E-state index contributed by atoms with van der Waals surface area (Å²) in [6, 6.07) is 14.6. The van der Waals surface area contributed by atoms with E-state index in [4.69, 9.17) is 16.6 Å². The minimum Gasteiger partial charge on any atom is -0.367 e. The number of halogens is 2. The predicted molar refractivity (Wildman–Crippen MR) is 128 cm³/mol. The van der Waals surface area contributed by atoms with Gasteiger partial charge in [0.2, 0.25) is 0 Å². The Morgan fingerprint density at radius 3 is 2.61 bits per heavy atom. The fourth-order valence-corrected chi connectivity index (χ4v) is 3.73. The second-order valence-electron chi connectivity index (χ2n) is 7.71. The minimum absolute atomic E-state index is 0.245. The Morgan fingerprint density at radius 2 is 1.84 bits per heavy atom. The highest BCUT2D eigenvalue weighted by Crippen LogP contribution is 2.29. The van der Waals surface area contributed by atoms with Crippen molar-refractivity contribution in [3.63, 3.8) is 0 Å². The summed E-state index contributed by atoms with van der Waals surface area (Å²) >= 11 is 6.46. The summed E-state index contributed by atoms with van der Waals surface area (Å²) in [7, 11) is 0. The van der Waals surface area contributed by atoms with Crippen molar-refractivity contribution in [1.82, 2.24) is 9.97 Å². The van der Waals surface area contributed by atoms with Gasteiger partial charge in [0.15, 0.2) is 0 Å². The zero-order chi connectivity index (χ0) is 22.1. The Morgan fingerprint density at radius 1 is 1.00 bits per heavy atom. The smallest absolute Gasteiger partial charge is 0.126 e. The van der Waals surface area contributed by atoms with Crippen LogP contribution in [0.25, 0.3) is 11.3 Å². The van der Waals surface area contributed by atoms with E-state index in [1.165, 1.54) is 25.0 Å². The monoisotopic (exact) mass is 440 g/mol. The third-order valence-corrected chi connectivity index (χ3v) is 5.44. The first-order valence-corrected chi connectivity index (χ1v) is 11.3. The van der Waals surface area contributed by atoms with Crippen molar-refractivity contribution in [3.8, 4) is 11.3 Å². The standard InChI is InChI=1S/C25H30ClFN4/c1-3-5-11-20(8-4-2)30-25-15-21(22(26)17-29-25)23-12-7-13-24(31-23)28-16-18-9-6-10-19(27)14-18/h6-7,9-10,12-15,17,20H,3-5,8,11,16H2,1-2H3,(H,28,31)(H,29,30). The molecule has 0 radical (unpaired) electrons. The van der Waals surface area contributed by atoms with Crippen LogP contribution in [0.2, 0.25) is 5.02 Å². The van der Waals surface area contributed by atoms with E-state index in [0.717, 1.165) is 41.9 Å². The molecule has 3 aromatic rings. The Balaban J connectivity index is 1.75. The van der Waals surface area contributed by atoms with Gasteiger partial charge in [0, 0.05) is 24.3 Å². The molecule has 3 rings (SSSR count). The van der Waals surface area contributed by atoms with Crippen molar-refractivity contribution in [2.75, 3.05) is 10.6 Å². The first-order valence-electron chi connectivity index (χ1n) is 11.0. The molecule has 0 saturated heterocycles. The zero-order valence-corrected chi connectivity index (χ0v) is 18.9. The molecule has 0 spiro atoms. The molecule has 31 heavy (non-hydrogen) atoms. The maximum atomic E-state index is 13.4. The number of nitrogens with zero attached hydrogens (tertiary/aromatic N) is 2. The van der Waals surface area contributed by atoms with Crippen LogP contribution in [0.4, 0.5) is 16.0 Å². The maximum absolute atomic E-state index is 13.4. The number of aromatic nitrogens is 2. The second kappa shape index (κ2) is 11.7. The Kier molecular flexibility index (Phi) is 8.65. The lowest BCUT2D eigenvalue weighted by molar-refractivity contribution is 0.563. The summed E-state index contributed by atoms with van der Waals surface area (Å²) in [5.74, 6) is 1.27. The molecule has 0 saturated carbocycles. The van der Waals surface area contributed by atoms with Crippen LogP contribution in [0.15, 0.2) is 54.7 Å². The fraction of sp³-hybridized carbons (Fsp3) is 0.360. The number of nitrogens with one attached hydrogen (secondary N) is 2. The molecule has 0 aliphatic rings. The van der Waals surface area contributed by atoms with E-state index in [9.17, 15) is 4.39 Å². The summed E-state index contributed by atoms with van der Waals surface area (Å²) in [6.07, 6.45) is 7.41. The predicted octanol–water partition coefficient (Wildman–Crippen LogP) is 7.32. The van der Waals surface area contributed by atoms with E-state index in [0.29, 0.717) is 23.4 Å². The van der Waals surface area contributed by atoms with Crippen LogP contribution in [-0.4, -0.2) is 16.0 Å². The van der Waals surface area contributed by atoms with E-state index in [1.807, 2.05) is 30.3 Å². The number of rotatable bonds is 11. The molecule has 0 aliphatic carbocycles. The average Bonchev–Trinajstić information content (AvgIpc) is 2.78. The molecule has 1 aromatic carbocycles. The number of benzene rings is 1. The van der Waals surface area contributed by atoms with Gasteiger partial charge in [-0.3, -0.25) is 0 Å². The van der Waals surface area contributed by atoms with Crippen LogP contribution in [0.1, 0.15) is 51.5 Å². The number of hydrogen-bond donors (Lipinski definition) is 2. The number of pyridine rings is 2. The lowest BCUT2D eigenvalue weighted by atomic mass is 10.0. The van der Waals surface area contributed by atoms with Gasteiger partial charge in [0.25, 0.3) is 0 Å². The Bertz CT molecular complexity index is 979. The first kappa shape index (κ1) is 23.0. The minimum atomic E-state index is -0.245. The zero-order valence-electron chi connectivity index (χ0n) is 18.2. The van der Waals surface area contributed by atoms with Crippen LogP contribution in [0, 0.1) is 5.82 Å². The maximum Gasteiger partial charge on any atom is 0.126 e. The highest BCUT2D eigenvalue weighted by molar-refractivity contribution is 6.33. The van der Waals surface area contributed by atoms with Crippen molar-refractivity contribution in [3.05, 3.63) is 71.1 Å². The molecule has 1 atom stereocenters. The highest BCUT2D eigenvalue weighted by Gasteiger charge is 2.12. The average molecular weight is 441 g/mol. The normalized spacial score (nSPS) is 11.9. The van der Waals surface area contributed by atoms with Crippen molar-refractivity contribution in [2.24, 2.45) is 0 Å². The third-order valence-electron chi connectivity index (χ3n) is 5.14. The number of hydrogen-bond acceptors (Lipinski definition) is 4. The first-order chi connectivity index (χ1) is 15.1. The molecule has 0 fully saturated rings. The SMILES string of the molecule is CCCCC(CCC)Nc1cc(-c2cccc(NCc3cccc(F)c3)n2)c(Cl)cn1. The number of anilines is 2. The van der Waals surface area contributed by atoms with Crippen molar-refractivity contribution >= 4 is 23.2 Å². The van der Waals surface area contributed by atoms with Crippen LogP contribution in [0.3, 0.4) is 0 Å². The fourth-order valence-electron chi connectivity index (χ4n) is 3.53. The Labute approximate surface area is 189 Å². The van der Waals surface area contributed by atoms with Gasteiger partial charge in [0.05, 0.1) is 10.7 Å². The lowest BCUT2D eigenvalue weighted by Gasteiger charge is -2.19. The summed E-state index contributed by atoms with van der Waals surface area (Å²) in [5.41, 5.74) is 2.45. The molecule has 1 unspecified atom stereocenters. The van der Waals surface area contributed by atoms with E-state index >= 15 is 0 Å². The van der Waals surface area contributed by atoms with Crippen LogP contribution >= 0.6 is 11.6 Å². The van der Waals surface area contributed by atoms with E-state index in [1.54, 1.807) is 12.3 Å². The highest BCUT2D eigenvalue weighted by atomic mass is 35.5. The van der Waals surface area contributed by atoms with Gasteiger partial charge >= 0.3 is 0 Å². The molecule has 2 N–H and O–H groups in total. The molecular weight excluding hydrogens is 411 g/mol. The van der Waals surface area contributed by atoms with Crippen molar-refractivity contribution in [1.29, 1.82) is 0 Å².